The molecule has 3 heteroatoms. The highest BCUT2D eigenvalue weighted by atomic mass is 35.5. The minimum absolute atomic E-state index is 0.114. The van der Waals surface area contributed by atoms with E-state index in [1.54, 1.807) is 7.11 Å². The third-order valence-corrected chi connectivity index (χ3v) is 4.77. The molecule has 0 spiro atoms. The predicted molar refractivity (Wildman–Crippen MR) is 79.0 cm³/mol. The molecule has 0 N–H and O–H groups in total. The van der Waals surface area contributed by atoms with Gasteiger partial charge in [0.25, 0.3) is 0 Å². The summed E-state index contributed by atoms with van der Waals surface area (Å²) < 4.78 is 11.0. The second-order valence-electron chi connectivity index (χ2n) is 5.55. The van der Waals surface area contributed by atoms with E-state index < -0.39 is 0 Å². The van der Waals surface area contributed by atoms with E-state index in [1.165, 1.54) is 5.56 Å². The Hall–Kier alpha value is -0.730. The second-order valence-corrected chi connectivity index (χ2v) is 6.11. The van der Waals surface area contributed by atoms with Gasteiger partial charge in [-0.1, -0.05) is 19.1 Å². The van der Waals surface area contributed by atoms with Gasteiger partial charge >= 0.3 is 0 Å². The quantitative estimate of drug-likeness (QED) is 0.780. The van der Waals surface area contributed by atoms with Crippen LogP contribution in [-0.4, -0.2) is 24.7 Å². The molecule has 5 unspecified atom stereocenters. The Morgan fingerprint density at radius 3 is 2.26 bits per heavy atom. The van der Waals surface area contributed by atoms with E-state index >= 15 is 0 Å². The van der Waals surface area contributed by atoms with Crippen LogP contribution in [0.4, 0.5) is 0 Å². The SMILES string of the molecule is COc1ccc(CC(Cl)C2C(C)OC(C)C2C)cc1. The van der Waals surface area contributed by atoms with Crippen LogP contribution in [-0.2, 0) is 11.2 Å². The Kier molecular flexibility index (Phi) is 4.75. The largest absolute Gasteiger partial charge is 0.497 e. The molecule has 0 aromatic heterocycles. The Morgan fingerprint density at radius 2 is 1.79 bits per heavy atom. The molecule has 1 saturated heterocycles. The Morgan fingerprint density at radius 1 is 1.16 bits per heavy atom. The van der Waals surface area contributed by atoms with Crippen LogP contribution in [0.3, 0.4) is 0 Å². The second kappa shape index (κ2) is 6.15. The zero-order chi connectivity index (χ0) is 14.0. The average molecular weight is 283 g/mol. The summed E-state index contributed by atoms with van der Waals surface area (Å²) in [5.41, 5.74) is 1.25. The topological polar surface area (TPSA) is 18.5 Å². The van der Waals surface area contributed by atoms with Crippen LogP contribution in [0, 0.1) is 11.8 Å². The predicted octanol–water partition coefficient (Wildman–Crippen LogP) is 3.90. The Balaban J connectivity index is 2.01. The van der Waals surface area contributed by atoms with Crippen molar-refractivity contribution in [3.8, 4) is 5.75 Å². The third-order valence-electron chi connectivity index (χ3n) is 4.33. The van der Waals surface area contributed by atoms with Gasteiger partial charge in [0.15, 0.2) is 0 Å². The maximum atomic E-state index is 6.64. The van der Waals surface area contributed by atoms with Gasteiger partial charge in [-0.25, -0.2) is 0 Å². The minimum atomic E-state index is 0.114. The lowest BCUT2D eigenvalue weighted by Gasteiger charge is -2.24. The summed E-state index contributed by atoms with van der Waals surface area (Å²) in [4.78, 5) is 0. The molecule has 1 heterocycles. The van der Waals surface area contributed by atoms with Gasteiger partial charge in [-0.2, -0.15) is 0 Å². The van der Waals surface area contributed by atoms with Crippen molar-refractivity contribution in [1.29, 1.82) is 0 Å². The van der Waals surface area contributed by atoms with Crippen molar-refractivity contribution in [3.63, 3.8) is 0 Å². The lowest BCUT2D eigenvalue weighted by molar-refractivity contribution is 0.0508. The van der Waals surface area contributed by atoms with E-state index in [-0.39, 0.29) is 11.5 Å². The molecular weight excluding hydrogens is 260 g/mol. The molecular formula is C16H23ClO2. The van der Waals surface area contributed by atoms with E-state index in [1.807, 2.05) is 12.1 Å². The first-order valence-corrected chi connectivity index (χ1v) is 7.39. The Bertz CT molecular complexity index is 404. The molecule has 0 bridgehead atoms. The first-order valence-electron chi connectivity index (χ1n) is 6.95. The number of methoxy groups -OCH3 is 1. The van der Waals surface area contributed by atoms with Gasteiger partial charge in [0.05, 0.1) is 19.3 Å². The minimum Gasteiger partial charge on any atom is -0.497 e. The molecule has 0 saturated carbocycles. The van der Waals surface area contributed by atoms with Crippen molar-refractivity contribution in [2.75, 3.05) is 7.11 Å². The molecule has 1 aromatic carbocycles. The normalized spacial score (nSPS) is 32.3. The number of hydrogen-bond acceptors (Lipinski definition) is 2. The molecule has 5 atom stereocenters. The highest BCUT2D eigenvalue weighted by molar-refractivity contribution is 6.21. The number of hydrogen-bond donors (Lipinski definition) is 0. The molecule has 1 fully saturated rings. The van der Waals surface area contributed by atoms with Crippen LogP contribution in [0.5, 0.6) is 5.75 Å². The van der Waals surface area contributed by atoms with E-state index in [0.29, 0.717) is 17.9 Å². The average Bonchev–Trinajstić information content (AvgIpc) is 2.64. The number of alkyl halides is 1. The highest BCUT2D eigenvalue weighted by Crippen LogP contribution is 2.37. The van der Waals surface area contributed by atoms with Crippen molar-refractivity contribution < 1.29 is 9.47 Å². The summed E-state index contributed by atoms with van der Waals surface area (Å²) in [7, 11) is 1.68. The number of rotatable bonds is 4. The summed E-state index contributed by atoms with van der Waals surface area (Å²) in [5.74, 6) is 1.81. The van der Waals surface area contributed by atoms with Crippen molar-refractivity contribution in [1.82, 2.24) is 0 Å². The van der Waals surface area contributed by atoms with Crippen molar-refractivity contribution in [2.24, 2.45) is 11.8 Å². The van der Waals surface area contributed by atoms with E-state index in [0.717, 1.165) is 12.2 Å². The van der Waals surface area contributed by atoms with Gasteiger partial charge in [0.1, 0.15) is 5.75 Å². The van der Waals surface area contributed by atoms with Gasteiger partial charge in [-0.15, -0.1) is 11.6 Å². The summed E-state index contributed by atoms with van der Waals surface area (Å²) in [6, 6.07) is 8.14. The molecule has 2 nitrogen and oxygen atoms in total. The molecule has 1 aromatic rings. The molecule has 0 amide bonds. The maximum absolute atomic E-state index is 6.64. The van der Waals surface area contributed by atoms with Gasteiger partial charge in [0.2, 0.25) is 0 Å². The van der Waals surface area contributed by atoms with E-state index in [9.17, 15) is 0 Å². The first kappa shape index (κ1) is 14.7. The van der Waals surface area contributed by atoms with Crippen LogP contribution in [0.15, 0.2) is 24.3 Å². The number of benzene rings is 1. The highest BCUT2D eigenvalue weighted by Gasteiger charge is 2.40. The fraction of sp³-hybridized carbons (Fsp3) is 0.625. The lowest BCUT2D eigenvalue weighted by atomic mass is 9.84. The van der Waals surface area contributed by atoms with E-state index in [4.69, 9.17) is 21.1 Å². The van der Waals surface area contributed by atoms with Crippen LogP contribution in [0.2, 0.25) is 0 Å². The smallest absolute Gasteiger partial charge is 0.118 e. The molecule has 0 radical (unpaired) electrons. The van der Waals surface area contributed by atoms with Crippen LogP contribution < -0.4 is 4.74 Å². The van der Waals surface area contributed by atoms with Crippen molar-refractivity contribution in [3.05, 3.63) is 29.8 Å². The standard InChI is InChI=1S/C16H23ClO2/c1-10-11(2)19-12(3)16(10)15(17)9-13-5-7-14(18-4)8-6-13/h5-8,10-12,15-16H,9H2,1-4H3. The zero-order valence-electron chi connectivity index (χ0n) is 12.1. The summed E-state index contributed by atoms with van der Waals surface area (Å²) in [6.45, 7) is 6.51. The number of halogens is 1. The Labute approximate surface area is 121 Å². The summed E-state index contributed by atoms with van der Waals surface area (Å²) in [6.07, 6.45) is 1.42. The molecule has 0 aliphatic carbocycles. The summed E-state index contributed by atoms with van der Waals surface area (Å²) in [5, 5.41) is 0.114. The third kappa shape index (κ3) is 3.24. The van der Waals surface area contributed by atoms with Gasteiger partial charge in [0, 0.05) is 11.3 Å². The summed E-state index contributed by atoms with van der Waals surface area (Å²) >= 11 is 6.64. The van der Waals surface area contributed by atoms with Gasteiger partial charge < -0.3 is 9.47 Å². The number of ether oxygens (including phenoxy) is 2. The first-order chi connectivity index (χ1) is 9.02. The van der Waals surface area contributed by atoms with Gasteiger partial charge in [-0.3, -0.25) is 0 Å². The fourth-order valence-electron chi connectivity index (χ4n) is 3.04. The van der Waals surface area contributed by atoms with Gasteiger partial charge in [-0.05, 0) is 43.9 Å². The van der Waals surface area contributed by atoms with Crippen LogP contribution in [0.25, 0.3) is 0 Å². The monoisotopic (exact) mass is 282 g/mol. The lowest BCUT2D eigenvalue weighted by Crippen LogP contribution is -2.28. The van der Waals surface area contributed by atoms with Crippen LogP contribution in [0.1, 0.15) is 26.3 Å². The maximum Gasteiger partial charge on any atom is 0.118 e. The van der Waals surface area contributed by atoms with Crippen molar-refractivity contribution in [2.45, 2.75) is 44.8 Å². The van der Waals surface area contributed by atoms with Crippen LogP contribution >= 0.6 is 11.6 Å². The molecule has 2 rings (SSSR count). The van der Waals surface area contributed by atoms with Crippen molar-refractivity contribution >= 4 is 11.6 Å². The molecule has 1 aliphatic rings. The zero-order valence-corrected chi connectivity index (χ0v) is 12.9. The molecule has 19 heavy (non-hydrogen) atoms. The van der Waals surface area contributed by atoms with E-state index in [2.05, 4.69) is 32.9 Å². The molecule has 1 aliphatic heterocycles. The molecule has 106 valence electrons. The fourth-order valence-corrected chi connectivity index (χ4v) is 3.65.